The van der Waals surface area contributed by atoms with Crippen molar-refractivity contribution in [1.82, 2.24) is 20.1 Å². The van der Waals surface area contributed by atoms with E-state index in [9.17, 15) is 4.79 Å². The Morgan fingerprint density at radius 3 is 2.58 bits per heavy atom. The third kappa shape index (κ3) is 6.14. The lowest BCUT2D eigenvalue weighted by atomic mass is 10.3. The monoisotopic (exact) mass is 447 g/mol. The molecule has 8 heteroatoms. The number of amides is 1. The first-order chi connectivity index (χ1) is 11.2. The fraction of sp³-hybridized carbons (Fsp3) is 0.562. The van der Waals surface area contributed by atoms with Crippen molar-refractivity contribution in [2.75, 3.05) is 46.4 Å². The van der Waals surface area contributed by atoms with Gasteiger partial charge in [-0.25, -0.2) is 4.79 Å². The molecule has 24 heavy (non-hydrogen) atoms. The predicted molar refractivity (Wildman–Crippen MR) is 105 cm³/mol. The lowest BCUT2D eigenvalue weighted by Crippen LogP contribution is -2.54. The maximum Gasteiger partial charge on any atom is 0.409 e. The van der Waals surface area contributed by atoms with Crippen LogP contribution in [-0.4, -0.2) is 73.2 Å². The zero-order valence-corrected chi connectivity index (χ0v) is 16.6. The summed E-state index contributed by atoms with van der Waals surface area (Å²) in [5, 5.41) is 3.36. The molecule has 1 saturated heterocycles. The fourth-order valence-electron chi connectivity index (χ4n) is 2.50. The molecule has 1 N–H and O–H groups in total. The van der Waals surface area contributed by atoms with E-state index in [4.69, 9.17) is 4.74 Å². The van der Waals surface area contributed by atoms with Crippen LogP contribution >= 0.6 is 24.0 Å². The number of piperazine rings is 1. The molecule has 1 amide bonds. The summed E-state index contributed by atoms with van der Waals surface area (Å²) in [5.74, 6) is 0.865. The van der Waals surface area contributed by atoms with Crippen LogP contribution < -0.4 is 5.32 Å². The van der Waals surface area contributed by atoms with Gasteiger partial charge < -0.3 is 19.9 Å². The van der Waals surface area contributed by atoms with Crippen LogP contribution in [0.25, 0.3) is 0 Å². The second-order valence-electron chi connectivity index (χ2n) is 5.22. The summed E-state index contributed by atoms with van der Waals surface area (Å²) < 4.78 is 5.03. The quantitative estimate of drug-likeness (QED) is 0.432. The topological polar surface area (TPSA) is 70.1 Å². The van der Waals surface area contributed by atoms with E-state index in [-0.39, 0.29) is 30.1 Å². The van der Waals surface area contributed by atoms with Crippen molar-refractivity contribution in [3.63, 3.8) is 0 Å². The third-order valence-corrected chi connectivity index (χ3v) is 3.71. The van der Waals surface area contributed by atoms with Crippen LogP contribution in [0.4, 0.5) is 4.79 Å². The van der Waals surface area contributed by atoms with Gasteiger partial charge in [0, 0.05) is 58.1 Å². The van der Waals surface area contributed by atoms with Gasteiger partial charge >= 0.3 is 6.09 Å². The van der Waals surface area contributed by atoms with E-state index in [1.54, 1.807) is 18.1 Å². The molecule has 0 bridgehead atoms. The smallest absolute Gasteiger partial charge is 0.409 e. The van der Waals surface area contributed by atoms with E-state index in [2.05, 4.69) is 20.2 Å². The molecule has 1 aliphatic heterocycles. The molecule has 7 nitrogen and oxygen atoms in total. The Hall–Kier alpha value is -1.58. The Kier molecular flexibility index (Phi) is 9.43. The molecule has 1 aromatic heterocycles. The van der Waals surface area contributed by atoms with Crippen molar-refractivity contribution in [2.24, 2.45) is 4.99 Å². The number of hydrogen-bond acceptors (Lipinski definition) is 4. The Morgan fingerprint density at radius 2 is 2.00 bits per heavy atom. The van der Waals surface area contributed by atoms with E-state index >= 15 is 0 Å². The van der Waals surface area contributed by atoms with Gasteiger partial charge in [-0.05, 0) is 19.1 Å². The molecule has 2 rings (SSSR count). The van der Waals surface area contributed by atoms with Gasteiger partial charge in [-0.3, -0.25) is 9.98 Å². The summed E-state index contributed by atoms with van der Waals surface area (Å²) in [5.41, 5.74) is 1.06. The molecule has 0 atom stereocenters. The van der Waals surface area contributed by atoms with E-state index in [0.717, 1.165) is 37.7 Å². The fourth-order valence-corrected chi connectivity index (χ4v) is 2.50. The van der Waals surface area contributed by atoms with Gasteiger partial charge in [0.15, 0.2) is 5.96 Å². The highest BCUT2D eigenvalue weighted by Gasteiger charge is 2.23. The minimum absolute atomic E-state index is 0. The number of aromatic nitrogens is 1. The summed E-state index contributed by atoms with van der Waals surface area (Å²) in [6, 6.07) is 5.92. The van der Waals surface area contributed by atoms with E-state index in [1.165, 1.54) is 0 Å². The van der Waals surface area contributed by atoms with Crippen LogP contribution in [0, 0.1) is 0 Å². The normalized spacial score (nSPS) is 14.8. The molecule has 0 unspecified atom stereocenters. The number of halogens is 1. The molecule has 2 heterocycles. The number of ether oxygens (including phenoxy) is 1. The lowest BCUT2D eigenvalue weighted by molar-refractivity contribution is 0.0915. The number of pyridine rings is 1. The number of nitrogens with one attached hydrogen (secondary N) is 1. The van der Waals surface area contributed by atoms with E-state index < -0.39 is 0 Å². The van der Waals surface area contributed by atoms with Gasteiger partial charge in [-0.2, -0.15) is 0 Å². The van der Waals surface area contributed by atoms with Crippen LogP contribution in [0.1, 0.15) is 12.6 Å². The Morgan fingerprint density at radius 1 is 1.29 bits per heavy atom. The van der Waals surface area contributed by atoms with Crippen LogP contribution in [0.2, 0.25) is 0 Å². The highest BCUT2D eigenvalue weighted by Crippen LogP contribution is 2.04. The van der Waals surface area contributed by atoms with Crippen LogP contribution in [-0.2, 0) is 11.2 Å². The molecular formula is C16H26IN5O2. The van der Waals surface area contributed by atoms with Crippen LogP contribution in [0.15, 0.2) is 29.4 Å². The first-order valence-electron chi connectivity index (χ1n) is 8.01. The summed E-state index contributed by atoms with van der Waals surface area (Å²) >= 11 is 0. The van der Waals surface area contributed by atoms with Gasteiger partial charge in [0.05, 0.1) is 6.61 Å². The van der Waals surface area contributed by atoms with Crippen LogP contribution in [0.5, 0.6) is 0 Å². The van der Waals surface area contributed by atoms with E-state index in [1.807, 2.05) is 25.1 Å². The molecule has 0 aromatic carbocycles. The Balaban J connectivity index is 0.00000288. The minimum Gasteiger partial charge on any atom is -0.450 e. The molecule has 0 spiro atoms. The van der Waals surface area contributed by atoms with Gasteiger partial charge in [0.1, 0.15) is 0 Å². The summed E-state index contributed by atoms with van der Waals surface area (Å²) in [6.07, 6.45) is 2.42. The molecular weight excluding hydrogens is 421 g/mol. The largest absolute Gasteiger partial charge is 0.450 e. The number of carbonyl (C=O) groups excluding carboxylic acids is 1. The van der Waals surface area contributed by atoms with Gasteiger partial charge in [-0.1, -0.05) is 6.07 Å². The first-order valence-corrected chi connectivity index (χ1v) is 8.01. The van der Waals surface area contributed by atoms with Gasteiger partial charge in [0.25, 0.3) is 0 Å². The molecule has 134 valence electrons. The predicted octanol–water partition coefficient (Wildman–Crippen LogP) is 1.59. The number of rotatable bonds is 4. The summed E-state index contributed by atoms with van der Waals surface area (Å²) in [4.78, 5) is 24.2. The minimum atomic E-state index is -0.231. The Labute approximate surface area is 160 Å². The maximum absolute atomic E-state index is 11.7. The van der Waals surface area contributed by atoms with Crippen LogP contribution in [0.3, 0.4) is 0 Å². The maximum atomic E-state index is 11.7. The SMILES string of the molecule is CCOC(=O)N1CCN(C(=NC)NCCc2ccccn2)CC1.I. The molecule has 1 aliphatic rings. The van der Waals surface area contributed by atoms with Crippen molar-refractivity contribution >= 4 is 36.0 Å². The number of nitrogens with zero attached hydrogens (tertiary/aromatic N) is 4. The number of carbonyl (C=O) groups is 1. The average Bonchev–Trinajstić information content (AvgIpc) is 2.60. The second kappa shape index (κ2) is 11.1. The van der Waals surface area contributed by atoms with Crippen molar-refractivity contribution in [3.05, 3.63) is 30.1 Å². The average molecular weight is 447 g/mol. The lowest BCUT2D eigenvalue weighted by Gasteiger charge is -2.35. The standard InChI is InChI=1S/C16H25N5O2.HI/c1-3-23-16(22)21-12-10-20(11-13-21)15(17-2)19-9-7-14-6-4-5-8-18-14;/h4-6,8H,3,7,9-13H2,1-2H3,(H,17,19);1H. The van der Waals surface area contributed by atoms with E-state index in [0.29, 0.717) is 19.7 Å². The summed E-state index contributed by atoms with van der Waals surface area (Å²) in [7, 11) is 1.78. The zero-order chi connectivity index (χ0) is 16.5. The third-order valence-electron chi connectivity index (χ3n) is 3.71. The van der Waals surface area contributed by atoms with Gasteiger partial charge in [-0.15, -0.1) is 24.0 Å². The Bertz CT molecular complexity index is 518. The van der Waals surface area contributed by atoms with Crippen molar-refractivity contribution in [1.29, 1.82) is 0 Å². The summed E-state index contributed by atoms with van der Waals surface area (Å²) in [6.45, 7) is 5.82. The zero-order valence-electron chi connectivity index (χ0n) is 14.3. The number of aliphatic imine (C=N–C) groups is 1. The van der Waals surface area contributed by atoms with Crippen molar-refractivity contribution in [3.8, 4) is 0 Å². The van der Waals surface area contributed by atoms with Crippen molar-refractivity contribution in [2.45, 2.75) is 13.3 Å². The first kappa shape index (κ1) is 20.5. The van der Waals surface area contributed by atoms with Gasteiger partial charge in [0.2, 0.25) is 0 Å². The highest BCUT2D eigenvalue weighted by atomic mass is 127. The molecule has 0 aliphatic carbocycles. The molecule has 1 fully saturated rings. The second-order valence-corrected chi connectivity index (χ2v) is 5.22. The molecule has 0 radical (unpaired) electrons. The highest BCUT2D eigenvalue weighted by molar-refractivity contribution is 14.0. The van der Waals surface area contributed by atoms with Crippen molar-refractivity contribution < 1.29 is 9.53 Å². The molecule has 1 aromatic rings. The number of hydrogen-bond donors (Lipinski definition) is 1. The molecule has 0 saturated carbocycles. The number of guanidine groups is 1.